The zero-order chi connectivity index (χ0) is 16.3. The van der Waals surface area contributed by atoms with Crippen molar-refractivity contribution in [2.75, 3.05) is 0 Å². The van der Waals surface area contributed by atoms with Gasteiger partial charge in [0.2, 0.25) is 5.75 Å². The highest BCUT2D eigenvalue weighted by molar-refractivity contribution is 5.91. The first-order chi connectivity index (χ1) is 10.4. The minimum atomic E-state index is -0.947. The molecule has 0 atom stereocenters. The molecule has 9 heteroatoms. The van der Waals surface area contributed by atoms with Gasteiger partial charge < -0.3 is 4.74 Å². The summed E-state index contributed by atoms with van der Waals surface area (Å²) in [6.45, 7) is 0. The molecule has 0 spiro atoms. The third kappa shape index (κ3) is 3.20. The third-order valence-corrected chi connectivity index (χ3v) is 2.63. The van der Waals surface area contributed by atoms with Crippen LogP contribution in [0.3, 0.4) is 0 Å². The molecule has 8 nitrogen and oxygen atoms in total. The van der Waals surface area contributed by atoms with Crippen LogP contribution in [-0.4, -0.2) is 15.8 Å². The summed E-state index contributed by atoms with van der Waals surface area (Å²) in [6, 6.07) is 6.97. The smallest absolute Gasteiger partial charge is 0.343 e. The number of nitro groups is 2. The summed E-state index contributed by atoms with van der Waals surface area (Å²) in [5, 5.41) is 21.5. The highest BCUT2D eigenvalue weighted by Crippen LogP contribution is 2.31. The molecule has 0 saturated heterocycles. The van der Waals surface area contributed by atoms with Crippen molar-refractivity contribution < 1.29 is 23.8 Å². The predicted molar refractivity (Wildman–Crippen MR) is 71.1 cm³/mol. The Kier molecular flexibility index (Phi) is 4.07. The molecule has 0 fully saturated rings. The molecule has 0 aliphatic rings. The fraction of sp³-hybridized carbons (Fsp3) is 0. The van der Waals surface area contributed by atoms with Crippen molar-refractivity contribution in [2.24, 2.45) is 0 Å². The van der Waals surface area contributed by atoms with Gasteiger partial charge in [0, 0.05) is 6.07 Å². The normalized spacial score (nSPS) is 10.0. The van der Waals surface area contributed by atoms with Crippen LogP contribution in [0.1, 0.15) is 10.4 Å². The molecule has 0 aromatic heterocycles. The average molecular weight is 306 g/mol. The topological polar surface area (TPSA) is 113 Å². The van der Waals surface area contributed by atoms with Gasteiger partial charge in [-0.2, -0.15) is 0 Å². The quantitative estimate of drug-likeness (QED) is 0.371. The van der Waals surface area contributed by atoms with Crippen molar-refractivity contribution in [2.45, 2.75) is 0 Å². The van der Waals surface area contributed by atoms with E-state index in [0.29, 0.717) is 6.07 Å². The molecule has 0 bridgehead atoms. The lowest BCUT2D eigenvalue weighted by Crippen LogP contribution is -2.10. The van der Waals surface area contributed by atoms with Crippen molar-refractivity contribution in [3.8, 4) is 5.75 Å². The van der Waals surface area contributed by atoms with E-state index in [9.17, 15) is 29.4 Å². The van der Waals surface area contributed by atoms with E-state index in [2.05, 4.69) is 0 Å². The fourth-order valence-corrected chi connectivity index (χ4v) is 1.59. The summed E-state index contributed by atoms with van der Waals surface area (Å²) in [5.74, 6) is -1.94. The number of non-ortho nitro benzene ring substituents is 1. The van der Waals surface area contributed by atoms with Crippen molar-refractivity contribution in [3.05, 3.63) is 74.1 Å². The van der Waals surface area contributed by atoms with Crippen LogP contribution in [0.5, 0.6) is 5.75 Å². The number of nitro benzene ring substituents is 2. The Hall–Kier alpha value is -3.36. The van der Waals surface area contributed by atoms with Crippen molar-refractivity contribution in [1.82, 2.24) is 0 Å². The van der Waals surface area contributed by atoms with Gasteiger partial charge in [0.15, 0.2) is 0 Å². The molecule has 22 heavy (non-hydrogen) atoms. The van der Waals surface area contributed by atoms with Gasteiger partial charge in [-0.05, 0) is 30.3 Å². The maximum Gasteiger partial charge on any atom is 0.343 e. The second kappa shape index (κ2) is 5.95. The Morgan fingerprint density at radius 3 is 2.18 bits per heavy atom. The maximum absolute atomic E-state index is 12.8. The Bertz CT molecular complexity index is 760. The minimum Gasteiger partial charge on any atom is -0.416 e. The Morgan fingerprint density at radius 1 is 1.00 bits per heavy atom. The average Bonchev–Trinajstić information content (AvgIpc) is 2.47. The molecule has 112 valence electrons. The number of hydrogen-bond acceptors (Lipinski definition) is 6. The Balaban J connectivity index is 2.32. The zero-order valence-electron chi connectivity index (χ0n) is 10.8. The number of rotatable bonds is 4. The molecule has 2 aromatic rings. The van der Waals surface area contributed by atoms with E-state index < -0.39 is 38.8 Å². The first-order valence-corrected chi connectivity index (χ1v) is 5.79. The molecular weight excluding hydrogens is 299 g/mol. The van der Waals surface area contributed by atoms with E-state index in [-0.39, 0.29) is 5.56 Å². The van der Waals surface area contributed by atoms with Crippen molar-refractivity contribution in [1.29, 1.82) is 0 Å². The number of carbonyl (C=O) groups is 1. The molecule has 2 aromatic carbocycles. The third-order valence-electron chi connectivity index (χ3n) is 2.63. The summed E-state index contributed by atoms with van der Waals surface area (Å²) in [6.07, 6.45) is 0. The van der Waals surface area contributed by atoms with Gasteiger partial charge in [0.25, 0.3) is 5.69 Å². The predicted octanol–water partition coefficient (Wildman–Crippen LogP) is 2.86. The van der Waals surface area contributed by atoms with Gasteiger partial charge in [0.1, 0.15) is 5.82 Å². The first-order valence-electron chi connectivity index (χ1n) is 5.79. The van der Waals surface area contributed by atoms with Crippen LogP contribution in [-0.2, 0) is 0 Å². The van der Waals surface area contributed by atoms with E-state index in [0.717, 1.165) is 36.4 Å². The fourth-order valence-electron chi connectivity index (χ4n) is 1.59. The molecule has 0 unspecified atom stereocenters. The van der Waals surface area contributed by atoms with Crippen LogP contribution in [0, 0.1) is 26.0 Å². The van der Waals surface area contributed by atoms with Crippen LogP contribution < -0.4 is 4.74 Å². The van der Waals surface area contributed by atoms with Gasteiger partial charge >= 0.3 is 11.7 Å². The molecule has 0 saturated carbocycles. The Morgan fingerprint density at radius 2 is 1.64 bits per heavy atom. The summed E-state index contributed by atoms with van der Waals surface area (Å²) in [7, 11) is 0. The van der Waals surface area contributed by atoms with Crippen LogP contribution in [0.2, 0.25) is 0 Å². The van der Waals surface area contributed by atoms with Gasteiger partial charge in [-0.15, -0.1) is 0 Å². The SMILES string of the molecule is O=C(Oc1ccc([N+](=O)[O-])cc1[N+](=O)[O-])c1ccc(F)cc1. The van der Waals surface area contributed by atoms with Crippen LogP contribution in [0.15, 0.2) is 42.5 Å². The molecule has 0 N–H and O–H groups in total. The largest absolute Gasteiger partial charge is 0.416 e. The molecule has 2 rings (SSSR count). The number of hydrogen-bond donors (Lipinski definition) is 0. The lowest BCUT2D eigenvalue weighted by Gasteiger charge is -2.05. The van der Waals surface area contributed by atoms with E-state index >= 15 is 0 Å². The molecule has 0 radical (unpaired) electrons. The zero-order valence-corrected chi connectivity index (χ0v) is 10.8. The summed E-state index contributed by atoms with van der Waals surface area (Å²) in [5.41, 5.74) is -1.24. The molecule has 0 amide bonds. The van der Waals surface area contributed by atoms with Crippen LogP contribution in [0.25, 0.3) is 0 Å². The summed E-state index contributed by atoms with van der Waals surface area (Å²) >= 11 is 0. The first kappa shape index (κ1) is 15.0. The van der Waals surface area contributed by atoms with Crippen molar-refractivity contribution >= 4 is 17.3 Å². The second-order valence-corrected chi connectivity index (χ2v) is 4.06. The monoisotopic (exact) mass is 306 g/mol. The van der Waals surface area contributed by atoms with E-state index in [1.807, 2.05) is 0 Å². The molecule has 0 aliphatic carbocycles. The Labute approximate surface area is 122 Å². The summed E-state index contributed by atoms with van der Waals surface area (Å²) < 4.78 is 17.6. The molecule has 0 aliphatic heterocycles. The van der Waals surface area contributed by atoms with Gasteiger partial charge in [-0.1, -0.05) is 0 Å². The van der Waals surface area contributed by atoms with E-state index in [1.165, 1.54) is 0 Å². The highest BCUT2D eigenvalue weighted by atomic mass is 19.1. The van der Waals surface area contributed by atoms with E-state index in [4.69, 9.17) is 4.74 Å². The minimum absolute atomic E-state index is 0.0194. The van der Waals surface area contributed by atoms with Gasteiger partial charge in [0.05, 0.1) is 21.5 Å². The lowest BCUT2D eigenvalue weighted by atomic mass is 10.2. The number of benzene rings is 2. The molecule has 0 heterocycles. The summed E-state index contributed by atoms with van der Waals surface area (Å²) in [4.78, 5) is 31.6. The standard InChI is InChI=1S/C13H7FN2O6/c14-9-3-1-8(2-4-9)13(17)22-12-6-5-10(15(18)19)7-11(12)16(20)21/h1-7H. The lowest BCUT2D eigenvalue weighted by molar-refractivity contribution is -0.394. The molecular formula is C13H7FN2O6. The van der Waals surface area contributed by atoms with Gasteiger partial charge in [-0.3, -0.25) is 20.2 Å². The second-order valence-electron chi connectivity index (χ2n) is 4.06. The maximum atomic E-state index is 12.8. The number of nitrogens with zero attached hydrogens (tertiary/aromatic N) is 2. The number of esters is 1. The highest BCUT2D eigenvalue weighted by Gasteiger charge is 2.23. The van der Waals surface area contributed by atoms with Gasteiger partial charge in [-0.25, -0.2) is 9.18 Å². The van der Waals surface area contributed by atoms with Crippen molar-refractivity contribution in [3.63, 3.8) is 0 Å². The van der Waals surface area contributed by atoms with Crippen LogP contribution >= 0.6 is 0 Å². The van der Waals surface area contributed by atoms with Crippen LogP contribution in [0.4, 0.5) is 15.8 Å². The number of ether oxygens (including phenoxy) is 1. The number of halogens is 1. The van der Waals surface area contributed by atoms with E-state index in [1.54, 1.807) is 0 Å². The number of carbonyl (C=O) groups excluding carboxylic acids is 1.